The van der Waals surface area contributed by atoms with E-state index in [1.165, 1.54) is 12.1 Å². The van der Waals surface area contributed by atoms with E-state index in [1.807, 2.05) is 0 Å². The van der Waals surface area contributed by atoms with E-state index in [1.54, 1.807) is 86.9 Å². The van der Waals surface area contributed by atoms with Crippen molar-refractivity contribution in [3.05, 3.63) is 102 Å². The molecule has 5 N–H and O–H groups in total. The second kappa shape index (κ2) is 15.1. The zero-order chi connectivity index (χ0) is 31.5. The zero-order valence-electron chi connectivity index (χ0n) is 24.2. The molecular weight excluding hydrogens is 556 g/mol. The molecule has 0 spiro atoms. The molecule has 3 rings (SSSR count). The minimum Gasteiger partial charge on any atom is -0.344 e. The number of ketones is 2. The average Bonchev–Trinajstić information content (AvgIpc) is 3.01. The maximum Gasteiger partial charge on any atom is 0.315 e. The molecule has 0 radical (unpaired) electrons. The Labute approximate surface area is 249 Å². The molecule has 0 bridgehead atoms. The summed E-state index contributed by atoms with van der Waals surface area (Å²) in [6.07, 6.45) is 1.58. The number of hydrogen-bond acceptors (Lipinski definition) is 6. The number of urea groups is 1. The monoisotopic (exact) mass is 593 g/mol. The van der Waals surface area contributed by atoms with Crippen LogP contribution >= 0.6 is 0 Å². The summed E-state index contributed by atoms with van der Waals surface area (Å²) in [4.78, 5) is 55.5. The number of alkyl halides is 2. The van der Waals surface area contributed by atoms with Crippen LogP contribution in [0, 0.1) is 5.92 Å². The number of aromatic nitrogens is 1. The van der Waals surface area contributed by atoms with Crippen molar-refractivity contribution in [3.8, 4) is 0 Å². The third kappa shape index (κ3) is 9.50. The molecule has 0 fully saturated rings. The Morgan fingerprint density at radius 2 is 1.51 bits per heavy atom. The van der Waals surface area contributed by atoms with E-state index in [2.05, 4.69) is 20.9 Å². The number of carbonyl (C=O) groups is 4. The number of amides is 3. The van der Waals surface area contributed by atoms with Crippen LogP contribution in [0.1, 0.15) is 43.4 Å². The van der Waals surface area contributed by atoms with E-state index < -0.39 is 66.3 Å². The summed E-state index contributed by atoms with van der Waals surface area (Å²) in [5, 5.41) is 7.51. The van der Waals surface area contributed by atoms with Crippen LogP contribution in [0.2, 0.25) is 0 Å². The van der Waals surface area contributed by atoms with Gasteiger partial charge in [0.05, 0.1) is 12.6 Å². The third-order valence-electron chi connectivity index (χ3n) is 6.97. The summed E-state index contributed by atoms with van der Waals surface area (Å²) in [7, 11) is 0. The molecule has 43 heavy (non-hydrogen) atoms. The lowest BCUT2D eigenvalue weighted by Gasteiger charge is -2.36. The van der Waals surface area contributed by atoms with Gasteiger partial charge in [-0.1, -0.05) is 80.6 Å². The Hall–Kier alpha value is -4.51. The fourth-order valence-electron chi connectivity index (χ4n) is 4.55. The summed E-state index contributed by atoms with van der Waals surface area (Å²) in [6.45, 7) is 2.96. The Morgan fingerprint density at radius 3 is 2.12 bits per heavy atom. The summed E-state index contributed by atoms with van der Waals surface area (Å²) in [5.41, 5.74) is 5.77. The van der Waals surface area contributed by atoms with E-state index in [9.17, 15) is 19.2 Å². The Morgan fingerprint density at radius 1 is 0.884 bits per heavy atom. The number of carbonyl (C=O) groups excluding carboxylic acids is 4. The van der Waals surface area contributed by atoms with Crippen molar-refractivity contribution in [2.75, 3.05) is 6.54 Å². The number of nitrogens with one attached hydrogen (secondary N) is 3. The lowest BCUT2D eigenvalue weighted by molar-refractivity contribution is -0.149. The van der Waals surface area contributed by atoms with Crippen LogP contribution in [0.5, 0.6) is 0 Å². The van der Waals surface area contributed by atoms with E-state index in [-0.39, 0.29) is 18.5 Å². The van der Waals surface area contributed by atoms with Gasteiger partial charge in [0.15, 0.2) is 5.78 Å². The first kappa shape index (κ1) is 33.0. The first-order valence-electron chi connectivity index (χ1n) is 14.0. The predicted molar refractivity (Wildman–Crippen MR) is 158 cm³/mol. The highest BCUT2D eigenvalue weighted by Gasteiger charge is 2.51. The fourth-order valence-corrected chi connectivity index (χ4v) is 4.55. The zero-order valence-corrected chi connectivity index (χ0v) is 24.2. The van der Waals surface area contributed by atoms with Crippen molar-refractivity contribution >= 4 is 23.5 Å². The second-order valence-electron chi connectivity index (χ2n) is 10.7. The first-order chi connectivity index (χ1) is 20.4. The van der Waals surface area contributed by atoms with E-state index >= 15 is 8.78 Å². The highest BCUT2D eigenvalue weighted by atomic mass is 19.3. The molecule has 228 valence electrons. The van der Waals surface area contributed by atoms with Crippen molar-refractivity contribution < 1.29 is 28.0 Å². The number of benzene rings is 2. The minimum atomic E-state index is -3.92. The highest BCUT2D eigenvalue weighted by molar-refractivity contribution is 5.98. The number of Topliss-reactive ketones (excluding diaryl/α,β-unsaturated/α-hetero) is 2. The number of nitrogens with two attached hydrogens (primary N) is 1. The summed E-state index contributed by atoms with van der Waals surface area (Å²) < 4.78 is 30.9. The topological polar surface area (TPSA) is 143 Å². The Balaban J connectivity index is 1.71. The van der Waals surface area contributed by atoms with Gasteiger partial charge in [0.25, 0.3) is 0 Å². The van der Waals surface area contributed by atoms with E-state index in [0.29, 0.717) is 0 Å². The van der Waals surface area contributed by atoms with Gasteiger partial charge in [-0.2, -0.15) is 8.78 Å². The number of rotatable bonds is 15. The molecule has 11 heteroatoms. The van der Waals surface area contributed by atoms with Crippen LogP contribution in [-0.4, -0.2) is 47.0 Å². The molecule has 2 atom stereocenters. The molecule has 0 saturated carbocycles. The van der Waals surface area contributed by atoms with E-state index in [0.717, 1.165) is 11.1 Å². The standard InChI is InChI=1S/C32H37F2N5O4/c1-22(2)28(39-27(41)20-38-30(43)37-19-24-12-9-17-36-18-24)29(42)31(35,25-13-7-4-8-14-25)21-32(33,34)26(40)16-15-23-10-5-3-6-11-23/h3-14,17-18,22,28H,15-16,19-21,35H2,1-2H3,(H,39,41)(H2,37,38,43)/t28-,31-/m0/s1. The van der Waals surface area contributed by atoms with Gasteiger partial charge < -0.3 is 21.7 Å². The summed E-state index contributed by atoms with van der Waals surface area (Å²) in [5.74, 6) is -7.40. The molecule has 3 aromatic rings. The maximum absolute atomic E-state index is 15.5. The van der Waals surface area contributed by atoms with Gasteiger partial charge in [-0.25, -0.2) is 4.79 Å². The van der Waals surface area contributed by atoms with Crippen molar-refractivity contribution in [1.82, 2.24) is 20.9 Å². The molecule has 0 aliphatic carbocycles. The van der Waals surface area contributed by atoms with Gasteiger partial charge in [-0.3, -0.25) is 19.4 Å². The Bertz CT molecular complexity index is 1370. The number of pyridine rings is 1. The van der Waals surface area contributed by atoms with Crippen molar-refractivity contribution in [1.29, 1.82) is 0 Å². The van der Waals surface area contributed by atoms with Gasteiger partial charge in [0.1, 0.15) is 5.54 Å². The van der Waals surface area contributed by atoms with Gasteiger partial charge >= 0.3 is 12.0 Å². The molecule has 9 nitrogen and oxygen atoms in total. The third-order valence-corrected chi connectivity index (χ3v) is 6.97. The van der Waals surface area contributed by atoms with Crippen LogP contribution in [0.25, 0.3) is 0 Å². The highest BCUT2D eigenvalue weighted by Crippen LogP contribution is 2.36. The Kier molecular flexibility index (Phi) is 11.6. The number of halogens is 2. The van der Waals surface area contributed by atoms with Crippen molar-refractivity contribution in [2.24, 2.45) is 11.7 Å². The largest absolute Gasteiger partial charge is 0.344 e. The van der Waals surface area contributed by atoms with Gasteiger partial charge in [0.2, 0.25) is 11.7 Å². The van der Waals surface area contributed by atoms with Crippen LogP contribution in [0.15, 0.2) is 85.2 Å². The number of aryl methyl sites for hydroxylation is 1. The summed E-state index contributed by atoms with van der Waals surface area (Å²) in [6, 6.07) is 18.0. The fraction of sp³-hybridized carbons (Fsp3) is 0.344. The molecule has 0 aliphatic heterocycles. The molecule has 1 heterocycles. The molecule has 3 amide bonds. The lowest BCUT2D eigenvalue weighted by Crippen LogP contribution is -2.60. The second-order valence-corrected chi connectivity index (χ2v) is 10.7. The van der Waals surface area contributed by atoms with Crippen LogP contribution in [-0.2, 0) is 32.9 Å². The molecule has 2 aromatic carbocycles. The maximum atomic E-state index is 15.5. The van der Waals surface area contributed by atoms with Gasteiger partial charge in [0, 0.05) is 31.8 Å². The smallest absolute Gasteiger partial charge is 0.315 e. The normalized spacial score (nSPS) is 13.4. The number of hydrogen-bond donors (Lipinski definition) is 4. The van der Waals surface area contributed by atoms with Crippen LogP contribution < -0.4 is 21.7 Å². The molecular formula is C32H37F2N5O4. The molecule has 0 aliphatic rings. The van der Waals surface area contributed by atoms with Gasteiger partial charge in [-0.05, 0) is 35.1 Å². The average molecular weight is 594 g/mol. The molecule has 0 unspecified atom stereocenters. The quantitative estimate of drug-likeness (QED) is 0.212. The van der Waals surface area contributed by atoms with Crippen molar-refractivity contribution in [2.45, 2.75) is 57.2 Å². The molecule has 1 aromatic heterocycles. The lowest BCUT2D eigenvalue weighted by atomic mass is 9.76. The first-order valence-corrected chi connectivity index (χ1v) is 14.0. The van der Waals surface area contributed by atoms with Crippen molar-refractivity contribution in [3.63, 3.8) is 0 Å². The minimum absolute atomic E-state index is 0.0864. The van der Waals surface area contributed by atoms with E-state index in [4.69, 9.17) is 5.73 Å². The summed E-state index contributed by atoms with van der Waals surface area (Å²) >= 11 is 0. The van der Waals surface area contributed by atoms with Crippen LogP contribution in [0.3, 0.4) is 0 Å². The van der Waals surface area contributed by atoms with Gasteiger partial charge in [-0.15, -0.1) is 0 Å². The predicted octanol–water partition coefficient (Wildman–Crippen LogP) is 3.67. The van der Waals surface area contributed by atoms with Crippen LogP contribution in [0.4, 0.5) is 13.6 Å². The number of nitrogens with zero attached hydrogens (tertiary/aromatic N) is 1. The molecule has 0 saturated heterocycles. The SMILES string of the molecule is CC(C)[C@H](NC(=O)CNC(=O)NCc1cccnc1)C(=O)[C@](N)(CC(F)(F)C(=O)CCc1ccccc1)c1ccccc1.